The molecule has 29 heavy (non-hydrogen) atoms. The van der Waals surface area contributed by atoms with Crippen molar-refractivity contribution in [3.05, 3.63) is 48.0 Å². The Hall–Kier alpha value is -2.96. The largest absolute Gasteiger partial charge is 0.339 e. The first-order valence-electron chi connectivity index (χ1n) is 10.4. The number of fused-ring (bicyclic) bond motifs is 1. The van der Waals surface area contributed by atoms with E-state index < -0.39 is 0 Å². The van der Waals surface area contributed by atoms with Crippen molar-refractivity contribution in [1.82, 2.24) is 19.7 Å². The van der Waals surface area contributed by atoms with Crippen LogP contribution in [-0.2, 0) is 24.2 Å². The second-order valence-corrected chi connectivity index (χ2v) is 7.87. The van der Waals surface area contributed by atoms with E-state index in [1.807, 2.05) is 38.1 Å². The number of carbonyl (C=O) groups is 1. The Kier molecular flexibility index (Phi) is 5.74. The summed E-state index contributed by atoms with van der Waals surface area (Å²) in [5.74, 6) is 2.70. The Morgan fingerprint density at radius 3 is 2.76 bits per heavy atom. The smallest absolute Gasteiger partial charge is 0.226 e. The van der Waals surface area contributed by atoms with E-state index >= 15 is 0 Å². The number of aryl methyl sites for hydroxylation is 3. The molecule has 1 N–H and O–H groups in total. The second-order valence-electron chi connectivity index (χ2n) is 7.87. The molecule has 3 aromatic rings. The Bertz CT molecular complexity index is 948. The quantitative estimate of drug-likeness (QED) is 0.645. The molecule has 1 amide bonds. The average molecular weight is 393 g/mol. The molecule has 4 rings (SSSR count). The van der Waals surface area contributed by atoms with E-state index in [0.29, 0.717) is 31.0 Å². The first kappa shape index (κ1) is 19.4. The first-order valence-corrected chi connectivity index (χ1v) is 10.4. The van der Waals surface area contributed by atoms with Gasteiger partial charge in [0.25, 0.3) is 0 Å². The Labute approximate surface area is 170 Å². The minimum atomic E-state index is -0.0150. The summed E-state index contributed by atoms with van der Waals surface area (Å²) in [5, 5.41) is 6.89. The van der Waals surface area contributed by atoms with Gasteiger partial charge >= 0.3 is 0 Å². The van der Waals surface area contributed by atoms with E-state index in [1.165, 1.54) is 18.7 Å². The molecule has 0 bridgehead atoms. The molecule has 2 aromatic heterocycles. The lowest BCUT2D eigenvalue weighted by atomic mass is 10.1. The van der Waals surface area contributed by atoms with Gasteiger partial charge in [0.1, 0.15) is 5.82 Å². The number of amides is 1. The standard InChI is InChI=1S/C22H27N5O2/c1-15(2)22-25-21(29-26-22)8-5-7-20(28)23-17-11-9-16(10-12-17)18-14-27-13-4-3-6-19(27)24-18/h9-12,14-15H,3-8,13H2,1-2H3,(H,23,28). The number of hydrogen-bond acceptors (Lipinski definition) is 5. The molecule has 0 saturated heterocycles. The zero-order valence-electron chi connectivity index (χ0n) is 17.0. The Balaban J connectivity index is 1.28. The Morgan fingerprint density at radius 1 is 1.21 bits per heavy atom. The summed E-state index contributed by atoms with van der Waals surface area (Å²) in [6.07, 6.45) is 7.31. The minimum Gasteiger partial charge on any atom is -0.339 e. The normalized spacial score (nSPS) is 13.5. The molecule has 7 heteroatoms. The summed E-state index contributed by atoms with van der Waals surface area (Å²) in [6.45, 7) is 5.10. The molecule has 0 fully saturated rings. The number of imidazole rings is 1. The highest BCUT2D eigenvalue weighted by molar-refractivity contribution is 5.90. The van der Waals surface area contributed by atoms with E-state index in [9.17, 15) is 4.79 Å². The second kappa shape index (κ2) is 8.59. The molecule has 0 radical (unpaired) electrons. The minimum absolute atomic E-state index is 0.0150. The highest BCUT2D eigenvalue weighted by Gasteiger charge is 2.14. The van der Waals surface area contributed by atoms with Crippen molar-refractivity contribution in [1.29, 1.82) is 0 Å². The van der Waals surface area contributed by atoms with Crippen LogP contribution >= 0.6 is 0 Å². The number of benzene rings is 1. The van der Waals surface area contributed by atoms with Crippen molar-refractivity contribution < 1.29 is 9.32 Å². The lowest BCUT2D eigenvalue weighted by Crippen LogP contribution is -2.11. The summed E-state index contributed by atoms with van der Waals surface area (Å²) in [7, 11) is 0. The number of rotatable bonds is 7. The molecule has 1 aromatic carbocycles. The summed E-state index contributed by atoms with van der Waals surface area (Å²) in [5.41, 5.74) is 2.87. The molecule has 1 aliphatic heterocycles. The number of nitrogens with one attached hydrogen (secondary N) is 1. The van der Waals surface area contributed by atoms with Crippen LogP contribution in [0.1, 0.15) is 63.0 Å². The molecule has 0 aliphatic carbocycles. The molecule has 0 unspecified atom stereocenters. The van der Waals surface area contributed by atoms with Crippen molar-refractivity contribution >= 4 is 11.6 Å². The van der Waals surface area contributed by atoms with Gasteiger partial charge in [-0.15, -0.1) is 0 Å². The van der Waals surface area contributed by atoms with Gasteiger partial charge in [-0.1, -0.05) is 31.1 Å². The predicted molar refractivity (Wildman–Crippen MR) is 111 cm³/mol. The van der Waals surface area contributed by atoms with Gasteiger partial charge in [-0.3, -0.25) is 4.79 Å². The molecule has 0 spiro atoms. The molecule has 1 aliphatic rings. The molecule has 7 nitrogen and oxygen atoms in total. The van der Waals surface area contributed by atoms with Crippen molar-refractivity contribution in [2.24, 2.45) is 0 Å². The van der Waals surface area contributed by atoms with Crippen molar-refractivity contribution in [2.75, 3.05) is 5.32 Å². The van der Waals surface area contributed by atoms with Crippen LogP contribution in [-0.4, -0.2) is 25.6 Å². The zero-order chi connectivity index (χ0) is 20.2. The van der Waals surface area contributed by atoms with Crippen molar-refractivity contribution in [3.8, 4) is 11.3 Å². The van der Waals surface area contributed by atoms with Crippen LogP contribution in [0, 0.1) is 0 Å². The fourth-order valence-corrected chi connectivity index (χ4v) is 3.50. The van der Waals surface area contributed by atoms with Crippen LogP contribution in [0.2, 0.25) is 0 Å². The van der Waals surface area contributed by atoms with Crippen molar-refractivity contribution in [2.45, 2.75) is 64.8 Å². The summed E-state index contributed by atoms with van der Waals surface area (Å²) in [4.78, 5) is 21.3. The third kappa shape index (κ3) is 4.72. The zero-order valence-corrected chi connectivity index (χ0v) is 17.0. The Morgan fingerprint density at radius 2 is 2.03 bits per heavy atom. The molecule has 0 atom stereocenters. The lowest BCUT2D eigenvalue weighted by Gasteiger charge is -2.11. The fourth-order valence-electron chi connectivity index (χ4n) is 3.50. The number of aromatic nitrogens is 4. The number of nitrogens with zero attached hydrogens (tertiary/aromatic N) is 4. The van der Waals surface area contributed by atoms with Gasteiger partial charge in [-0.2, -0.15) is 4.98 Å². The highest BCUT2D eigenvalue weighted by atomic mass is 16.5. The molecular weight excluding hydrogens is 366 g/mol. The predicted octanol–water partition coefficient (Wildman–Crippen LogP) is 4.35. The molecule has 3 heterocycles. The van der Waals surface area contributed by atoms with E-state index in [0.717, 1.165) is 29.9 Å². The highest BCUT2D eigenvalue weighted by Crippen LogP contribution is 2.24. The average Bonchev–Trinajstić information content (AvgIpc) is 3.35. The van der Waals surface area contributed by atoms with Gasteiger partial charge in [0.15, 0.2) is 5.82 Å². The number of carbonyl (C=O) groups excluding carboxylic acids is 1. The third-order valence-corrected chi connectivity index (χ3v) is 5.17. The van der Waals surface area contributed by atoms with E-state index in [4.69, 9.17) is 9.51 Å². The number of anilines is 1. The van der Waals surface area contributed by atoms with Gasteiger partial charge < -0.3 is 14.4 Å². The third-order valence-electron chi connectivity index (χ3n) is 5.17. The maximum absolute atomic E-state index is 12.2. The summed E-state index contributed by atoms with van der Waals surface area (Å²) >= 11 is 0. The van der Waals surface area contributed by atoms with Crippen LogP contribution < -0.4 is 5.32 Å². The maximum atomic E-state index is 12.2. The monoisotopic (exact) mass is 393 g/mol. The molecular formula is C22H27N5O2. The van der Waals surface area contributed by atoms with E-state index in [2.05, 4.69) is 26.2 Å². The van der Waals surface area contributed by atoms with E-state index in [1.54, 1.807) is 0 Å². The fraction of sp³-hybridized carbons (Fsp3) is 0.455. The topological polar surface area (TPSA) is 85.8 Å². The number of hydrogen-bond donors (Lipinski definition) is 1. The van der Waals surface area contributed by atoms with Crippen LogP contribution in [0.3, 0.4) is 0 Å². The van der Waals surface area contributed by atoms with Crippen molar-refractivity contribution in [3.63, 3.8) is 0 Å². The maximum Gasteiger partial charge on any atom is 0.226 e. The van der Waals surface area contributed by atoms with Crippen LogP contribution in [0.4, 0.5) is 5.69 Å². The van der Waals surface area contributed by atoms with Gasteiger partial charge in [0, 0.05) is 49.2 Å². The molecule has 152 valence electrons. The van der Waals surface area contributed by atoms with E-state index in [-0.39, 0.29) is 11.8 Å². The summed E-state index contributed by atoms with van der Waals surface area (Å²) < 4.78 is 7.46. The first-order chi connectivity index (χ1) is 14.1. The molecule has 0 saturated carbocycles. The SMILES string of the molecule is CC(C)c1noc(CCCC(=O)Nc2ccc(-c3cn4c(n3)CCCC4)cc2)n1. The van der Waals surface area contributed by atoms with Crippen LogP contribution in [0.5, 0.6) is 0 Å². The lowest BCUT2D eigenvalue weighted by molar-refractivity contribution is -0.116. The van der Waals surface area contributed by atoms with Gasteiger partial charge in [0.2, 0.25) is 11.8 Å². The van der Waals surface area contributed by atoms with Gasteiger partial charge in [-0.05, 0) is 31.4 Å². The summed E-state index contributed by atoms with van der Waals surface area (Å²) in [6, 6.07) is 7.88. The van der Waals surface area contributed by atoms with Crippen LogP contribution in [0.15, 0.2) is 35.0 Å². The van der Waals surface area contributed by atoms with Gasteiger partial charge in [-0.25, -0.2) is 4.98 Å². The van der Waals surface area contributed by atoms with Gasteiger partial charge in [0.05, 0.1) is 5.69 Å². The van der Waals surface area contributed by atoms with Crippen LogP contribution in [0.25, 0.3) is 11.3 Å².